The van der Waals surface area contributed by atoms with Gasteiger partial charge < -0.3 is 14.5 Å². The lowest BCUT2D eigenvalue weighted by molar-refractivity contribution is -0.120. The number of benzene rings is 1. The predicted molar refractivity (Wildman–Crippen MR) is 67.3 cm³/mol. The lowest BCUT2D eigenvalue weighted by atomic mass is 10.2. The van der Waals surface area contributed by atoms with Crippen molar-refractivity contribution in [3.8, 4) is 5.75 Å². The minimum absolute atomic E-state index is 0.0548. The van der Waals surface area contributed by atoms with Crippen molar-refractivity contribution < 1.29 is 13.9 Å². The van der Waals surface area contributed by atoms with E-state index in [9.17, 15) is 4.79 Å². The third kappa shape index (κ3) is 3.38. The van der Waals surface area contributed by atoms with Gasteiger partial charge in [-0.2, -0.15) is 0 Å². The molecule has 1 heterocycles. The minimum atomic E-state index is -0.0548. The van der Waals surface area contributed by atoms with Crippen molar-refractivity contribution in [2.75, 3.05) is 7.11 Å². The number of carbonyl (C=O) groups is 1. The summed E-state index contributed by atoms with van der Waals surface area (Å²) in [6, 6.07) is 11.1. The van der Waals surface area contributed by atoms with Crippen molar-refractivity contribution in [3.63, 3.8) is 0 Å². The molecule has 0 aliphatic carbocycles. The smallest absolute Gasteiger partial charge is 0.227 e. The number of hydrogen-bond acceptors (Lipinski definition) is 3. The molecule has 94 valence electrons. The summed E-state index contributed by atoms with van der Waals surface area (Å²) in [5, 5.41) is 2.83. The van der Waals surface area contributed by atoms with E-state index in [4.69, 9.17) is 9.15 Å². The molecule has 2 rings (SSSR count). The summed E-state index contributed by atoms with van der Waals surface area (Å²) in [4.78, 5) is 11.6. The van der Waals surface area contributed by atoms with E-state index >= 15 is 0 Å². The molecule has 4 nitrogen and oxygen atoms in total. The Hall–Kier alpha value is -2.23. The van der Waals surface area contributed by atoms with Gasteiger partial charge >= 0.3 is 0 Å². The van der Waals surface area contributed by atoms with Gasteiger partial charge in [0.25, 0.3) is 0 Å². The maximum absolute atomic E-state index is 11.6. The molecule has 0 unspecified atom stereocenters. The second-order valence-electron chi connectivity index (χ2n) is 3.88. The van der Waals surface area contributed by atoms with E-state index in [0.29, 0.717) is 12.3 Å². The van der Waals surface area contributed by atoms with Crippen molar-refractivity contribution >= 4 is 5.91 Å². The largest absolute Gasteiger partial charge is 0.497 e. The molecule has 2 aromatic rings. The Labute approximate surface area is 106 Å². The van der Waals surface area contributed by atoms with Gasteiger partial charge in [-0.05, 0) is 29.8 Å². The Balaban J connectivity index is 1.81. The van der Waals surface area contributed by atoms with Gasteiger partial charge in [0, 0.05) is 6.54 Å². The maximum atomic E-state index is 11.6. The molecule has 18 heavy (non-hydrogen) atoms. The Morgan fingerprint density at radius 3 is 2.67 bits per heavy atom. The van der Waals surface area contributed by atoms with E-state index in [1.54, 1.807) is 25.5 Å². The topological polar surface area (TPSA) is 51.5 Å². The summed E-state index contributed by atoms with van der Waals surface area (Å²) >= 11 is 0. The quantitative estimate of drug-likeness (QED) is 0.878. The number of carbonyl (C=O) groups excluding carboxylic acids is 1. The van der Waals surface area contributed by atoms with Crippen molar-refractivity contribution in [1.82, 2.24) is 5.32 Å². The third-order valence-electron chi connectivity index (χ3n) is 2.56. The van der Waals surface area contributed by atoms with E-state index in [-0.39, 0.29) is 12.3 Å². The van der Waals surface area contributed by atoms with Crippen LogP contribution in [0.2, 0.25) is 0 Å². The SMILES string of the molecule is COc1ccc(CNC(=O)Cc2ccco2)cc1. The van der Waals surface area contributed by atoms with Gasteiger partial charge in [-0.1, -0.05) is 12.1 Å². The normalized spacial score (nSPS) is 10.1. The molecular formula is C14H15NO3. The fourth-order valence-electron chi connectivity index (χ4n) is 1.58. The van der Waals surface area contributed by atoms with E-state index in [1.165, 1.54) is 0 Å². The first-order valence-electron chi connectivity index (χ1n) is 5.70. The summed E-state index contributed by atoms with van der Waals surface area (Å²) in [5.74, 6) is 1.42. The zero-order valence-electron chi connectivity index (χ0n) is 10.2. The Bertz CT molecular complexity index is 488. The molecule has 0 saturated carbocycles. The van der Waals surface area contributed by atoms with Gasteiger partial charge in [0.2, 0.25) is 5.91 Å². The van der Waals surface area contributed by atoms with Crippen LogP contribution in [0.5, 0.6) is 5.75 Å². The highest BCUT2D eigenvalue weighted by atomic mass is 16.5. The number of rotatable bonds is 5. The lowest BCUT2D eigenvalue weighted by Crippen LogP contribution is -2.24. The molecule has 4 heteroatoms. The van der Waals surface area contributed by atoms with Crippen LogP contribution < -0.4 is 10.1 Å². The number of amides is 1. The number of nitrogens with one attached hydrogen (secondary N) is 1. The predicted octanol–water partition coefficient (Wildman–Crippen LogP) is 2.15. The van der Waals surface area contributed by atoms with Crippen LogP contribution in [0, 0.1) is 0 Å². The molecule has 1 amide bonds. The van der Waals surface area contributed by atoms with Gasteiger partial charge in [-0.15, -0.1) is 0 Å². The van der Waals surface area contributed by atoms with Crippen LogP contribution in [0.15, 0.2) is 47.1 Å². The van der Waals surface area contributed by atoms with E-state index in [1.807, 2.05) is 24.3 Å². The van der Waals surface area contributed by atoms with Gasteiger partial charge in [-0.25, -0.2) is 0 Å². The van der Waals surface area contributed by atoms with Crippen LogP contribution in [-0.2, 0) is 17.8 Å². The van der Waals surface area contributed by atoms with E-state index in [2.05, 4.69) is 5.32 Å². The summed E-state index contributed by atoms with van der Waals surface area (Å²) in [7, 11) is 1.63. The first kappa shape index (κ1) is 12.2. The molecule has 0 saturated heterocycles. The Morgan fingerprint density at radius 2 is 2.06 bits per heavy atom. The van der Waals surface area contributed by atoms with Crippen LogP contribution in [0.25, 0.3) is 0 Å². The fraction of sp³-hybridized carbons (Fsp3) is 0.214. The van der Waals surface area contributed by atoms with Crippen LogP contribution in [-0.4, -0.2) is 13.0 Å². The zero-order chi connectivity index (χ0) is 12.8. The van der Waals surface area contributed by atoms with Gasteiger partial charge in [0.05, 0.1) is 19.8 Å². The minimum Gasteiger partial charge on any atom is -0.497 e. The average molecular weight is 245 g/mol. The number of methoxy groups -OCH3 is 1. The molecule has 1 N–H and O–H groups in total. The second-order valence-corrected chi connectivity index (χ2v) is 3.88. The van der Waals surface area contributed by atoms with Crippen LogP contribution in [0.1, 0.15) is 11.3 Å². The molecule has 0 aliphatic rings. The Morgan fingerprint density at radius 1 is 1.28 bits per heavy atom. The molecule has 0 spiro atoms. The number of hydrogen-bond donors (Lipinski definition) is 1. The highest BCUT2D eigenvalue weighted by Gasteiger charge is 2.05. The van der Waals surface area contributed by atoms with Crippen molar-refractivity contribution in [1.29, 1.82) is 0 Å². The van der Waals surface area contributed by atoms with Gasteiger partial charge in [0.15, 0.2) is 0 Å². The first-order valence-corrected chi connectivity index (χ1v) is 5.70. The van der Waals surface area contributed by atoms with Crippen LogP contribution in [0.3, 0.4) is 0 Å². The first-order chi connectivity index (χ1) is 8.78. The summed E-state index contributed by atoms with van der Waals surface area (Å²) in [5.41, 5.74) is 1.03. The van der Waals surface area contributed by atoms with Crippen LogP contribution >= 0.6 is 0 Å². The molecule has 0 aliphatic heterocycles. The average Bonchev–Trinajstić information content (AvgIpc) is 2.90. The maximum Gasteiger partial charge on any atom is 0.227 e. The monoisotopic (exact) mass is 245 g/mol. The van der Waals surface area contributed by atoms with Crippen molar-refractivity contribution in [2.24, 2.45) is 0 Å². The molecule has 0 bridgehead atoms. The number of ether oxygens (including phenoxy) is 1. The molecule has 0 radical (unpaired) electrons. The summed E-state index contributed by atoms with van der Waals surface area (Å²) in [6.07, 6.45) is 1.83. The van der Waals surface area contributed by atoms with Crippen LogP contribution in [0.4, 0.5) is 0 Å². The second kappa shape index (κ2) is 5.91. The molecular weight excluding hydrogens is 230 g/mol. The van der Waals surface area contributed by atoms with Gasteiger partial charge in [-0.3, -0.25) is 4.79 Å². The van der Waals surface area contributed by atoms with Crippen molar-refractivity contribution in [3.05, 3.63) is 54.0 Å². The highest BCUT2D eigenvalue weighted by molar-refractivity contribution is 5.77. The van der Waals surface area contributed by atoms with E-state index in [0.717, 1.165) is 11.3 Å². The molecule has 0 fully saturated rings. The van der Waals surface area contributed by atoms with Crippen molar-refractivity contribution in [2.45, 2.75) is 13.0 Å². The summed E-state index contributed by atoms with van der Waals surface area (Å²) < 4.78 is 10.2. The zero-order valence-corrected chi connectivity index (χ0v) is 10.2. The highest BCUT2D eigenvalue weighted by Crippen LogP contribution is 2.11. The summed E-state index contributed by atoms with van der Waals surface area (Å²) in [6.45, 7) is 0.504. The van der Waals surface area contributed by atoms with Gasteiger partial charge in [0.1, 0.15) is 11.5 Å². The Kier molecular flexibility index (Phi) is 4.02. The third-order valence-corrected chi connectivity index (χ3v) is 2.56. The fourth-order valence-corrected chi connectivity index (χ4v) is 1.58. The number of furan rings is 1. The molecule has 1 aromatic heterocycles. The standard InChI is InChI=1S/C14H15NO3/c1-17-12-6-4-11(5-7-12)10-15-14(16)9-13-3-2-8-18-13/h2-8H,9-10H2,1H3,(H,15,16). The lowest BCUT2D eigenvalue weighted by Gasteiger charge is -2.05. The molecule has 1 aromatic carbocycles. The molecule has 0 atom stereocenters. The van der Waals surface area contributed by atoms with E-state index < -0.39 is 0 Å².